The molecule has 4 nitrogen and oxygen atoms in total. The maximum absolute atomic E-state index is 11.5. The predicted octanol–water partition coefficient (Wildman–Crippen LogP) is 1.84. The van der Waals surface area contributed by atoms with E-state index in [9.17, 15) is 4.79 Å². The highest BCUT2D eigenvalue weighted by molar-refractivity contribution is 5.76. The lowest BCUT2D eigenvalue weighted by molar-refractivity contribution is -0.122. The molecule has 1 N–H and O–H groups in total. The summed E-state index contributed by atoms with van der Waals surface area (Å²) in [5.41, 5.74) is 1.68. The van der Waals surface area contributed by atoms with E-state index in [-0.39, 0.29) is 11.3 Å². The monoisotopic (exact) mass is 221 g/mol. The highest BCUT2D eigenvalue weighted by Gasteiger charge is 2.15. The third-order valence-electron chi connectivity index (χ3n) is 2.01. The van der Waals surface area contributed by atoms with Crippen LogP contribution in [0.25, 0.3) is 0 Å². The van der Waals surface area contributed by atoms with Crippen molar-refractivity contribution in [3.63, 3.8) is 0 Å². The van der Waals surface area contributed by atoms with Gasteiger partial charge in [0.1, 0.15) is 0 Å². The van der Waals surface area contributed by atoms with Gasteiger partial charge in [0.05, 0.1) is 17.9 Å². The zero-order valence-corrected chi connectivity index (χ0v) is 10.4. The molecule has 0 bridgehead atoms. The molecule has 0 unspecified atom stereocenters. The summed E-state index contributed by atoms with van der Waals surface area (Å²) in [5, 5.41) is 10.7. The van der Waals surface area contributed by atoms with Crippen LogP contribution in [0.2, 0.25) is 0 Å². The van der Waals surface area contributed by atoms with E-state index in [1.54, 1.807) is 0 Å². The number of aromatic nitrogens is 2. The standard InChI is InChI=1S/C12H19N3O/c1-9-5-6-10(15-14-9)8-13-11(16)7-12(2,3)4/h5-6H,7-8H2,1-4H3,(H,13,16). The molecule has 0 fully saturated rings. The highest BCUT2D eigenvalue weighted by Crippen LogP contribution is 2.17. The first kappa shape index (κ1) is 12.6. The fourth-order valence-electron chi connectivity index (χ4n) is 1.25. The molecule has 0 aromatic carbocycles. The van der Waals surface area contributed by atoms with Crippen LogP contribution in [0.5, 0.6) is 0 Å². The van der Waals surface area contributed by atoms with E-state index in [2.05, 4.69) is 15.5 Å². The largest absolute Gasteiger partial charge is 0.350 e. The molecule has 1 rings (SSSR count). The minimum Gasteiger partial charge on any atom is -0.350 e. The maximum Gasteiger partial charge on any atom is 0.220 e. The molecule has 0 spiro atoms. The normalized spacial score (nSPS) is 11.2. The van der Waals surface area contributed by atoms with Gasteiger partial charge in [-0.15, -0.1) is 0 Å². The first-order chi connectivity index (χ1) is 7.37. The van der Waals surface area contributed by atoms with E-state index in [0.29, 0.717) is 13.0 Å². The van der Waals surface area contributed by atoms with E-state index in [1.165, 1.54) is 0 Å². The number of rotatable bonds is 3. The molecule has 0 aliphatic heterocycles. The number of hydrogen-bond acceptors (Lipinski definition) is 3. The fourth-order valence-corrected chi connectivity index (χ4v) is 1.25. The second kappa shape index (κ2) is 5.05. The van der Waals surface area contributed by atoms with Gasteiger partial charge in [-0.1, -0.05) is 20.8 Å². The van der Waals surface area contributed by atoms with Crippen LogP contribution >= 0.6 is 0 Å². The second-order valence-corrected chi connectivity index (χ2v) is 5.18. The van der Waals surface area contributed by atoms with Gasteiger partial charge in [0.2, 0.25) is 5.91 Å². The summed E-state index contributed by atoms with van der Waals surface area (Å²) in [7, 11) is 0. The van der Waals surface area contributed by atoms with Crippen molar-refractivity contribution in [2.75, 3.05) is 0 Å². The Morgan fingerprint density at radius 2 is 2.00 bits per heavy atom. The lowest BCUT2D eigenvalue weighted by Gasteiger charge is -2.17. The second-order valence-electron chi connectivity index (χ2n) is 5.18. The zero-order chi connectivity index (χ0) is 12.2. The summed E-state index contributed by atoms with van der Waals surface area (Å²) in [6.07, 6.45) is 0.520. The van der Waals surface area contributed by atoms with Crippen molar-refractivity contribution in [3.05, 3.63) is 23.5 Å². The van der Waals surface area contributed by atoms with Crippen LogP contribution in [0.1, 0.15) is 38.6 Å². The van der Waals surface area contributed by atoms with Gasteiger partial charge in [-0.25, -0.2) is 0 Å². The van der Waals surface area contributed by atoms with Gasteiger partial charge in [0.25, 0.3) is 0 Å². The van der Waals surface area contributed by atoms with Crippen LogP contribution in [-0.4, -0.2) is 16.1 Å². The molecular formula is C12H19N3O. The summed E-state index contributed by atoms with van der Waals surface area (Å²) in [5.74, 6) is 0.0508. The van der Waals surface area contributed by atoms with Gasteiger partial charge in [-0.05, 0) is 24.5 Å². The average molecular weight is 221 g/mol. The van der Waals surface area contributed by atoms with Gasteiger partial charge in [-0.2, -0.15) is 10.2 Å². The lowest BCUT2D eigenvalue weighted by Crippen LogP contribution is -2.27. The Balaban J connectivity index is 2.40. The van der Waals surface area contributed by atoms with Crippen molar-refractivity contribution in [2.45, 2.75) is 40.7 Å². The maximum atomic E-state index is 11.5. The third-order valence-corrected chi connectivity index (χ3v) is 2.01. The van der Waals surface area contributed by atoms with Crippen molar-refractivity contribution < 1.29 is 4.79 Å². The summed E-state index contributed by atoms with van der Waals surface area (Å²) in [6.45, 7) is 8.45. The van der Waals surface area contributed by atoms with E-state index in [4.69, 9.17) is 0 Å². The topological polar surface area (TPSA) is 54.9 Å². The SMILES string of the molecule is Cc1ccc(CNC(=O)CC(C)(C)C)nn1. The molecule has 0 radical (unpaired) electrons. The van der Waals surface area contributed by atoms with Crippen molar-refractivity contribution in [1.82, 2.24) is 15.5 Å². The molecule has 1 amide bonds. The molecule has 1 aromatic rings. The van der Waals surface area contributed by atoms with Gasteiger partial charge >= 0.3 is 0 Å². The Kier molecular flexibility index (Phi) is 3.99. The molecule has 0 aliphatic carbocycles. The zero-order valence-electron chi connectivity index (χ0n) is 10.4. The number of nitrogens with zero attached hydrogens (tertiary/aromatic N) is 2. The Morgan fingerprint density at radius 3 is 2.50 bits per heavy atom. The fraction of sp³-hybridized carbons (Fsp3) is 0.583. The number of aryl methyl sites for hydroxylation is 1. The minimum atomic E-state index is 0.0169. The van der Waals surface area contributed by atoms with E-state index < -0.39 is 0 Å². The molecule has 0 saturated heterocycles. The minimum absolute atomic E-state index is 0.0169. The first-order valence-corrected chi connectivity index (χ1v) is 5.43. The molecule has 0 atom stereocenters. The van der Waals surface area contributed by atoms with Crippen LogP contribution in [0.4, 0.5) is 0 Å². The quantitative estimate of drug-likeness (QED) is 0.847. The van der Waals surface area contributed by atoms with E-state index in [1.807, 2.05) is 39.8 Å². The number of carbonyl (C=O) groups excluding carboxylic acids is 1. The number of amides is 1. The van der Waals surface area contributed by atoms with Gasteiger partial charge in [0.15, 0.2) is 0 Å². The molecule has 16 heavy (non-hydrogen) atoms. The highest BCUT2D eigenvalue weighted by atomic mass is 16.1. The van der Waals surface area contributed by atoms with Crippen LogP contribution < -0.4 is 5.32 Å². The number of nitrogens with one attached hydrogen (secondary N) is 1. The first-order valence-electron chi connectivity index (χ1n) is 5.43. The van der Waals surface area contributed by atoms with Gasteiger partial charge < -0.3 is 5.32 Å². The van der Waals surface area contributed by atoms with Crippen LogP contribution in [-0.2, 0) is 11.3 Å². The van der Waals surface area contributed by atoms with E-state index in [0.717, 1.165) is 11.4 Å². The Bertz CT molecular complexity index is 352. The van der Waals surface area contributed by atoms with Crippen molar-refractivity contribution in [1.29, 1.82) is 0 Å². The number of carbonyl (C=O) groups is 1. The van der Waals surface area contributed by atoms with Crippen LogP contribution in [0, 0.1) is 12.3 Å². The predicted molar refractivity (Wildman–Crippen MR) is 62.7 cm³/mol. The molecule has 0 saturated carbocycles. The Labute approximate surface area is 96.5 Å². The van der Waals surface area contributed by atoms with Crippen molar-refractivity contribution >= 4 is 5.91 Å². The third kappa shape index (κ3) is 4.87. The molecule has 0 aliphatic rings. The van der Waals surface area contributed by atoms with Crippen molar-refractivity contribution in [2.24, 2.45) is 5.41 Å². The molecule has 4 heteroatoms. The smallest absolute Gasteiger partial charge is 0.220 e. The van der Waals surface area contributed by atoms with Gasteiger partial charge in [0, 0.05) is 6.42 Å². The average Bonchev–Trinajstić information content (AvgIpc) is 2.14. The molecular weight excluding hydrogens is 202 g/mol. The molecule has 1 heterocycles. The summed E-state index contributed by atoms with van der Waals surface area (Å²) >= 11 is 0. The van der Waals surface area contributed by atoms with Crippen molar-refractivity contribution in [3.8, 4) is 0 Å². The lowest BCUT2D eigenvalue weighted by atomic mass is 9.92. The Hall–Kier alpha value is -1.45. The van der Waals surface area contributed by atoms with Gasteiger partial charge in [-0.3, -0.25) is 4.79 Å². The number of hydrogen-bond donors (Lipinski definition) is 1. The summed E-state index contributed by atoms with van der Waals surface area (Å²) < 4.78 is 0. The van der Waals surface area contributed by atoms with Crippen LogP contribution in [0.3, 0.4) is 0 Å². The van der Waals surface area contributed by atoms with Crippen LogP contribution in [0.15, 0.2) is 12.1 Å². The Morgan fingerprint density at radius 1 is 1.31 bits per heavy atom. The molecule has 1 aromatic heterocycles. The molecule has 88 valence electrons. The summed E-state index contributed by atoms with van der Waals surface area (Å²) in [6, 6.07) is 3.76. The summed E-state index contributed by atoms with van der Waals surface area (Å²) in [4.78, 5) is 11.5. The van der Waals surface area contributed by atoms with E-state index >= 15 is 0 Å².